The van der Waals surface area contributed by atoms with Crippen molar-refractivity contribution in [2.75, 3.05) is 27.7 Å². The third-order valence-corrected chi connectivity index (χ3v) is 4.73. The average molecular weight is 277 g/mol. The SMILES string of the molecule is COc1cccc([C@]2(O)CCCC[C@@]2(C)CN(C)C)c1. The van der Waals surface area contributed by atoms with Gasteiger partial charge in [-0.15, -0.1) is 0 Å². The molecule has 20 heavy (non-hydrogen) atoms. The third-order valence-electron chi connectivity index (χ3n) is 4.73. The molecule has 3 heteroatoms. The molecule has 3 nitrogen and oxygen atoms in total. The van der Waals surface area contributed by atoms with Gasteiger partial charge in [-0.2, -0.15) is 0 Å². The molecule has 0 aromatic heterocycles. The van der Waals surface area contributed by atoms with Crippen molar-refractivity contribution in [2.24, 2.45) is 5.41 Å². The molecule has 0 radical (unpaired) electrons. The molecule has 112 valence electrons. The molecule has 1 saturated carbocycles. The molecule has 1 aliphatic carbocycles. The molecule has 1 fully saturated rings. The van der Waals surface area contributed by atoms with Crippen LogP contribution in [0.2, 0.25) is 0 Å². The summed E-state index contributed by atoms with van der Waals surface area (Å²) in [6, 6.07) is 7.91. The van der Waals surface area contributed by atoms with Crippen molar-refractivity contribution in [2.45, 2.75) is 38.2 Å². The van der Waals surface area contributed by atoms with Gasteiger partial charge >= 0.3 is 0 Å². The summed E-state index contributed by atoms with van der Waals surface area (Å²) >= 11 is 0. The molecule has 0 heterocycles. The van der Waals surface area contributed by atoms with Crippen molar-refractivity contribution in [3.05, 3.63) is 29.8 Å². The van der Waals surface area contributed by atoms with Crippen LogP contribution in [0, 0.1) is 5.41 Å². The van der Waals surface area contributed by atoms with E-state index < -0.39 is 5.60 Å². The maximum Gasteiger partial charge on any atom is 0.119 e. The lowest BCUT2D eigenvalue weighted by Gasteiger charge is -2.50. The van der Waals surface area contributed by atoms with Crippen molar-refractivity contribution in [1.82, 2.24) is 4.90 Å². The van der Waals surface area contributed by atoms with E-state index in [4.69, 9.17) is 4.74 Å². The molecule has 1 aromatic rings. The fourth-order valence-corrected chi connectivity index (χ4v) is 3.69. The van der Waals surface area contributed by atoms with Gasteiger partial charge in [-0.3, -0.25) is 0 Å². The third kappa shape index (κ3) is 2.70. The van der Waals surface area contributed by atoms with E-state index in [1.165, 1.54) is 6.42 Å². The van der Waals surface area contributed by atoms with Gasteiger partial charge < -0.3 is 14.7 Å². The van der Waals surface area contributed by atoms with Gasteiger partial charge in [0.25, 0.3) is 0 Å². The van der Waals surface area contributed by atoms with Gasteiger partial charge in [0.1, 0.15) is 5.75 Å². The fourth-order valence-electron chi connectivity index (χ4n) is 3.69. The minimum atomic E-state index is -0.774. The quantitative estimate of drug-likeness (QED) is 0.918. The van der Waals surface area contributed by atoms with Gasteiger partial charge in [-0.25, -0.2) is 0 Å². The summed E-state index contributed by atoms with van der Waals surface area (Å²) < 4.78 is 5.32. The first-order valence-corrected chi connectivity index (χ1v) is 7.43. The van der Waals surface area contributed by atoms with Crippen LogP contribution in [0.15, 0.2) is 24.3 Å². The van der Waals surface area contributed by atoms with E-state index >= 15 is 0 Å². The van der Waals surface area contributed by atoms with Gasteiger partial charge in [0.15, 0.2) is 0 Å². The molecule has 2 atom stereocenters. The minimum Gasteiger partial charge on any atom is -0.497 e. The lowest BCUT2D eigenvalue weighted by molar-refractivity contribution is -0.121. The molecule has 0 saturated heterocycles. The number of nitrogens with zero attached hydrogens (tertiary/aromatic N) is 1. The number of methoxy groups -OCH3 is 1. The zero-order valence-corrected chi connectivity index (χ0v) is 13.1. The smallest absolute Gasteiger partial charge is 0.119 e. The number of hydrogen-bond donors (Lipinski definition) is 1. The Hall–Kier alpha value is -1.06. The van der Waals surface area contributed by atoms with E-state index in [0.29, 0.717) is 0 Å². The van der Waals surface area contributed by atoms with Crippen molar-refractivity contribution >= 4 is 0 Å². The van der Waals surface area contributed by atoms with Crippen LogP contribution in [0.4, 0.5) is 0 Å². The summed E-state index contributed by atoms with van der Waals surface area (Å²) in [6.45, 7) is 3.10. The summed E-state index contributed by atoms with van der Waals surface area (Å²) in [5.74, 6) is 0.814. The van der Waals surface area contributed by atoms with Gasteiger partial charge in [-0.05, 0) is 44.6 Å². The van der Waals surface area contributed by atoms with Crippen molar-refractivity contribution in [3.63, 3.8) is 0 Å². The Balaban J connectivity index is 2.41. The first kappa shape index (κ1) is 15.3. The number of benzene rings is 1. The number of aliphatic hydroxyl groups is 1. The van der Waals surface area contributed by atoms with E-state index in [1.807, 2.05) is 24.3 Å². The second-order valence-corrected chi connectivity index (χ2v) is 6.60. The van der Waals surface area contributed by atoms with E-state index in [2.05, 4.69) is 25.9 Å². The predicted octanol–water partition coefficient (Wildman–Crippen LogP) is 3.02. The lowest BCUT2D eigenvalue weighted by atomic mass is 9.61. The topological polar surface area (TPSA) is 32.7 Å². The minimum absolute atomic E-state index is 0.124. The van der Waals surface area contributed by atoms with Crippen LogP contribution in [0.25, 0.3) is 0 Å². The zero-order chi connectivity index (χ0) is 14.8. The first-order valence-electron chi connectivity index (χ1n) is 7.43. The highest BCUT2D eigenvalue weighted by Crippen LogP contribution is 2.51. The van der Waals surface area contributed by atoms with Crippen LogP contribution >= 0.6 is 0 Å². The monoisotopic (exact) mass is 277 g/mol. The molecule has 2 rings (SSSR count). The van der Waals surface area contributed by atoms with Crippen molar-refractivity contribution in [3.8, 4) is 5.75 Å². The highest BCUT2D eigenvalue weighted by Gasteiger charge is 2.49. The number of rotatable bonds is 4. The average Bonchev–Trinajstić information content (AvgIpc) is 2.41. The summed E-state index contributed by atoms with van der Waals surface area (Å²) in [5, 5.41) is 11.4. The van der Waals surface area contributed by atoms with Crippen LogP contribution in [-0.4, -0.2) is 37.8 Å². The maximum atomic E-state index is 11.4. The van der Waals surface area contributed by atoms with E-state index in [0.717, 1.165) is 37.1 Å². The number of hydrogen-bond acceptors (Lipinski definition) is 3. The van der Waals surface area contributed by atoms with Gasteiger partial charge in [0, 0.05) is 12.0 Å². The predicted molar refractivity (Wildman–Crippen MR) is 82.0 cm³/mol. The highest BCUT2D eigenvalue weighted by molar-refractivity contribution is 5.34. The van der Waals surface area contributed by atoms with Crippen LogP contribution in [0.1, 0.15) is 38.2 Å². The van der Waals surface area contributed by atoms with Gasteiger partial charge in [-0.1, -0.05) is 31.9 Å². The molecule has 1 N–H and O–H groups in total. The second kappa shape index (κ2) is 5.74. The molecule has 0 amide bonds. The molecular formula is C17H27NO2. The fraction of sp³-hybridized carbons (Fsp3) is 0.647. The second-order valence-electron chi connectivity index (χ2n) is 6.60. The van der Waals surface area contributed by atoms with E-state index in [1.54, 1.807) is 7.11 Å². The molecule has 0 bridgehead atoms. The first-order chi connectivity index (χ1) is 9.41. The van der Waals surface area contributed by atoms with Crippen LogP contribution < -0.4 is 4.74 Å². The molecule has 1 aliphatic rings. The zero-order valence-electron chi connectivity index (χ0n) is 13.1. The van der Waals surface area contributed by atoms with E-state index in [-0.39, 0.29) is 5.41 Å². The van der Waals surface area contributed by atoms with Crippen molar-refractivity contribution < 1.29 is 9.84 Å². The number of ether oxygens (including phenoxy) is 1. The normalized spacial score (nSPS) is 30.5. The Morgan fingerprint density at radius 3 is 2.60 bits per heavy atom. The Kier molecular flexibility index (Phi) is 4.40. The Morgan fingerprint density at radius 2 is 1.95 bits per heavy atom. The van der Waals surface area contributed by atoms with Gasteiger partial charge in [0.2, 0.25) is 0 Å². The van der Waals surface area contributed by atoms with Gasteiger partial charge in [0.05, 0.1) is 12.7 Å². The Bertz CT molecular complexity index is 460. The summed E-state index contributed by atoms with van der Waals surface area (Å²) in [4.78, 5) is 2.18. The Labute approximate surface area is 122 Å². The standard InChI is InChI=1S/C17H27NO2/c1-16(13-18(2)3)10-5-6-11-17(16,19)14-8-7-9-15(12-14)20-4/h7-9,12,19H,5-6,10-11,13H2,1-4H3/t16-,17+/m0/s1. The van der Waals surface area contributed by atoms with Crippen LogP contribution in [0.3, 0.4) is 0 Å². The largest absolute Gasteiger partial charge is 0.497 e. The Morgan fingerprint density at radius 1 is 1.25 bits per heavy atom. The van der Waals surface area contributed by atoms with Crippen LogP contribution in [0.5, 0.6) is 5.75 Å². The molecule has 1 aromatic carbocycles. The summed E-state index contributed by atoms with van der Waals surface area (Å²) in [6.07, 6.45) is 4.15. The summed E-state index contributed by atoms with van der Waals surface area (Å²) in [7, 11) is 5.82. The molecule has 0 aliphatic heterocycles. The van der Waals surface area contributed by atoms with Crippen LogP contribution in [-0.2, 0) is 5.60 Å². The lowest BCUT2D eigenvalue weighted by Crippen LogP contribution is -2.51. The van der Waals surface area contributed by atoms with Crippen molar-refractivity contribution in [1.29, 1.82) is 0 Å². The highest BCUT2D eigenvalue weighted by atomic mass is 16.5. The maximum absolute atomic E-state index is 11.4. The molecule has 0 unspecified atom stereocenters. The van der Waals surface area contributed by atoms with E-state index in [9.17, 15) is 5.11 Å². The summed E-state index contributed by atoms with van der Waals surface area (Å²) in [5.41, 5.74) is 0.0893. The molecular weight excluding hydrogens is 250 g/mol. The molecule has 0 spiro atoms.